The van der Waals surface area contributed by atoms with Crippen LogP contribution in [0.25, 0.3) is 11.5 Å². The van der Waals surface area contributed by atoms with Crippen LogP contribution in [0, 0.1) is 5.92 Å². The molecule has 10 heteroatoms. The van der Waals surface area contributed by atoms with E-state index in [0.717, 1.165) is 18.2 Å². The Morgan fingerprint density at radius 3 is 2.82 bits per heavy atom. The lowest BCUT2D eigenvalue weighted by atomic mass is 9.99. The van der Waals surface area contributed by atoms with Gasteiger partial charge in [0.25, 0.3) is 5.22 Å². The molecule has 150 valence electrons. The Balaban J connectivity index is 1.58. The van der Waals surface area contributed by atoms with Crippen molar-refractivity contribution < 1.29 is 28.2 Å². The number of esters is 1. The summed E-state index contributed by atoms with van der Waals surface area (Å²) < 4.78 is 21.0. The van der Waals surface area contributed by atoms with E-state index in [0.29, 0.717) is 23.0 Å². The molecule has 0 unspecified atom stereocenters. The maximum Gasteiger partial charge on any atom is 0.328 e. The Morgan fingerprint density at radius 2 is 2.07 bits per heavy atom. The van der Waals surface area contributed by atoms with Crippen LogP contribution >= 0.6 is 11.8 Å². The molecule has 1 aliphatic rings. The van der Waals surface area contributed by atoms with E-state index in [2.05, 4.69) is 15.5 Å². The highest BCUT2D eigenvalue weighted by Gasteiger charge is 2.27. The van der Waals surface area contributed by atoms with Crippen molar-refractivity contribution >= 4 is 23.6 Å². The summed E-state index contributed by atoms with van der Waals surface area (Å²) in [7, 11) is 1.30. The first kappa shape index (κ1) is 20.0. The van der Waals surface area contributed by atoms with Gasteiger partial charge in [0, 0.05) is 5.56 Å². The molecule has 0 bridgehead atoms. The number of benzene rings is 1. The van der Waals surface area contributed by atoms with Gasteiger partial charge < -0.3 is 23.9 Å². The van der Waals surface area contributed by atoms with Gasteiger partial charge in [0.1, 0.15) is 6.04 Å². The molecule has 1 aromatic heterocycles. The highest BCUT2D eigenvalue weighted by Crippen LogP contribution is 2.35. The van der Waals surface area contributed by atoms with Crippen molar-refractivity contribution in [2.75, 3.05) is 19.7 Å². The van der Waals surface area contributed by atoms with Crippen LogP contribution in [0.4, 0.5) is 0 Å². The number of nitrogens with one attached hydrogen (secondary N) is 1. The van der Waals surface area contributed by atoms with E-state index in [1.54, 1.807) is 18.2 Å². The maximum absolute atomic E-state index is 12.2. The van der Waals surface area contributed by atoms with Gasteiger partial charge in [0.05, 0.1) is 12.9 Å². The van der Waals surface area contributed by atoms with Gasteiger partial charge in [-0.2, -0.15) is 0 Å². The maximum atomic E-state index is 12.2. The largest absolute Gasteiger partial charge is 0.467 e. The van der Waals surface area contributed by atoms with Gasteiger partial charge in [-0.3, -0.25) is 4.79 Å². The fourth-order valence-corrected chi connectivity index (χ4v) is 3.13. The van der Waals surface area contributed by atoms with Crippen molar-refractivity contribution in [1.29, 1.82) is 0 Å². The zero-order chi connectivity index (χ0) is 20.1. The third-order valence-electron chi connectivity index (χ3n) is 4.34. The van der Waals surface area contributed by atoms with Crippen LogP contribution in [0.15, 0.2) is 27.8 Å². The average molecular weight is 407 g/mol. The van der Waals surface area contributed by atoms with E-state index in [-0.39, 0.29) is 29.6 Å². The second-order valence-electron chi connectivity index (χ2n) is 6.18. The number of carbonyl (C=O) groups excluding carboxylic acids is 2. The molecule has 3 rings (SSSR count). The first-order valence-corrected chi connectivity index (χ1v) is 9.74. The molecule has 0 saturated carbocycles. The Kier molecular flexibility index (Phi) is 6.40. The summed E-state index contributed by atoms with van der Waals surface area (Å²) >= 11 is 1.09. The van der Waals surface area contributed by atoms with Gasteiger partial charge >= 0.3 is 5.97 Å². The minimum absolute atomic E-state index is 0.0344. The van der Waals surface area contributed by atoms with Crippen molar-refractivity contribution in [3.05, 3.63) is 18.2 Å². The van der Waals surface area contributed by atoms with Crippen LogP contribution in [0.3, 0.4) is 0 Å². The molecule has 1 amide bonds. The molecule has 0 spiro atoms. The highest BCUT2D eigenvalue weighted by molar-refractivity contribution is 7.99. The van der Waals surface area contributed by atoms with E-state index in [1.165, 1.54) is 7.11 Å². The zero-order valence-corrected chi connectivity index (χ0v) is 16.6. The predicted octanol–water partition coefficient (Wildman–Crippen LogP) is 2.26. The third-order valence-corrected chi connectivity index (χ3v) is 5.16. The number of amides is 1. The summed E-state index contributed by atoms with van der Waals surface area (Å²) in [5, 5.41) is 10.9. The van der Waals surface area contributed by atoms with E-state index >= 15 is 0 Å². The number of ether oxygens (including phenoxy) is 3. The van der Waals surface area contributed by atoms with Crippen molar-refractivity contribution in [3.8, 4) is 23.0 Å². The molecule has 2 atom stereocenters. The topological polar surface area (TPSA) is 113 Å². The van der Waals surface area contributed by atoms with E-state index in [4.69, 9.17) is 18.6 Å². The lowest BCUT2D eigenvalue weighted by Crippen LogP contribution is -2.46. The van der Waals surface area contributed by atoms with Gasteiger partial charge in [-0.05, 0) is 24.1 Å². The van der Waals surface area contributed by atoms with Gasteiger partial charge in [-0.15, -0.1) is 10.2 Å². The number of thioether (sulfide) groups is 1. The summed E-state index contributed by atoms with van der Waals surface area (Å²) in [4.78, 5) is 24.1. The Labute approximate surface area is 166 Å². The van der Waals surface area contributed by atoms with Crippen molar-refractivity contribution in [3.63, 3.8) is 0 Å². The van der Waals surface area contributed by atoms with E-state index < -0.39 is 12.0 Å². The Hall–Kier alpha value is -2.75. The Bertz CT molecular complexity index is 856. The van der Waals surface area contributed by atoms with Crippen molar-refractivity contribution in [2.45, 2.75) is 31.5 Å². The molecule has 28 heavy (non-hydrogen) atoms. The smallest absolute Gasteiger partial charge is 0.328 e. The molecule has 0 fully saturated rings. The molecule has 1 aromatic carbocycles. The highest BCUT2D eigenvalue weighted by atomic mass is 32.2. The van der Waals surface area contributed by atoms with Gasteiger partial charge in [0.15, 0.2) is 11.5 Å². The van der Waals surface area contributed by atoms with Crippen molar-refractivity contribution in [2.24, 2.45) is 5.92 Å². The first-order valence-electron chi connectivity index (χ1n) is 8.75. The number of methoxy groups -OCH3 is 1. The minimum atomic E-state index is -0.685. The van der Waals surface area contributed by atoms with Crippen LogP contribution in [0.5, 0.6) is 11.5 Å². The Morgan fingerprint density at radius 1 is 1.29 bits per heavy atom. The van der Waals surface area contributed by atoms with Crippen LogP contribution in [0.2, 0.25) is 0 Å². The monoisotopic (exact) mass is 407 g/mol. The molecule has 1 aliphatic heterocycles. The van der Waals surface area contributed by atoms with Crippen LogP contribution in [0.1, 0.15) is 20.3 Å². The number of fused-ring (bicyclic) bond motifs is 1. The van der Waals surface area contributed by atoms with E-state index in [1.807, 2.05) is 13.8 Å². The standard InChI is InChI=1S/C18H21N3O6S/c1-4-10(2)15(17(23)24-3)19-14(22)8-28-18-21-20-16(27-18)11-5-6-12-13(7-11)26-9-25-12/h5-7,10,15H,4,8-9H2,1-3H3,(H,19,22)/t10-,15+/m1/s1. The van der Waals surface area contributed by atoms with E-state index in [9.17, 15) is 9.59 Å². The quantitative estimate of drug-likeness (QED) is 0.520. The number of hydrogen-bond donors (Lipinski definition) is 1. The molecule has 0 radical (unpaired) electrons. The molecule has 2 aromatic rings. The predicted molar refractivity (Wildman–Crippen MR) is 100.0 cm³/mol. The normalized spacial score (nSPS) is 14.4. The van der Waals surface area contributed by atoms with Crippen LogP contribution in [-0.2, 0) is 14.3 Å². The summed E-state index contributed by atoms with van der Waals surface area (Å²) in [6.45, 7) is 4.00. The summed E-state index contributed by atoms with van der Waals surface area (Å²) in [5.41, 5.74) is 0.690. The molecule has 0 saturated heterocycles. The molecule has 0 aliphatic carbocycles. The zero-order valence-electron chi connectivity index (χ0n) is 15.8. The fraction of sp³-hybridized carbons (Fsp3) is 0.444. The first-order chi connectivity index (χ1) is 13.5. The summed E-state index contributed by atoms with van der Waals surface area (Å²) in [6.07, 6.45) is 0.732. The lowest BCUT2D eigenvalue weighted by Gasteiger charge is -2.21. The molecule has 2 heterocycles. The van der Waals surface area contributed by atoms with Crippen molar-refractivity contribution in [1.82, 2.24) is 15.5 Å². The van der Waals surface area contributed by atoms with Gasteiger partial charge in [-0.1, -0.05) is 32.0 Å². The number of hydrogen-bond acceptors (Lipinski definition) is 9. The fourth-order valence-electron chi connectivity index (χ4n) is 2.55. The molecular weight excluding hydrogens is 386 g/mol. The minimum Gasteiger partial charge on any atom is -0.467 e. The number of nitrogens with zero attached hydrogens (tertiary/aromatic N) is 2. The molecule has 1 N–H and O–H groups in total. The summed E-state index contributed by atoms with van der Waals surface area (Å²) in [5.74, 6) is 0.807. The summed E-state index contributed by atoms with van der Waals surface area (Å²) in [6, 6.07) is 4.62. The second-order valence-corrected chi connectivity index (χ2v) is 7.11. The number of aromatic nitrogens is 2. The third kappa shape index (κ3) is 4.56. The molecular formula is C18H21N3O6S. The number of carbonyl (C=O) groups is 2. The molecule has 9 nitrogen and oxygen atoms in total. The van der Waals surface area contributed by atoms with Gasteiger partial charge in [0.2, 0.25) is 18.6 Å². The average Bonchev–Trinajstić information content (AvgIpc) is 3.37. The van der Waals surface area contributed by atoms with Crippen LogP contribution in [-0.4, -0.2) is 47.8 Å². The number of rotatable bonds is 8. The SMILES string of the molecule is CC[C@@H](C)[C@H](NC(=O)CSc1nnc(-c2ccc3c(c2)OCO3)o1)C(=O)OC. The van der Waals surface area contributed by atoms with Gasteiger partial charge in [-0.25, -0.2) is 4.79 Å². The lowest BCUT2D eigenvalue weighted by molar-refractivity contribution is -0.146. The second kappa shape index (κ2) is 8.96. The van der Waals surface area contributed by atoms with Crippen LogP contribution < -0.4 is 14.8 Å².